The molecule has 3 aromatic rings. The second-order valence-electron chi connectivity index (χ2n) is 7.45. The summed E-state index contributed by atoms with van der Waals surface area (Å²) in [5, 5.41) is 0. The number of aryl methyl sites for hydroxylation is 1. The fourth-order valence-corrected chi connectivity index (χ4v) is 3.82. The Kier molecular flexibility index (Phi) is 5.46. The monoisotopic (exact) mass is 420 g/mol. The van der Waals surface area contributed by atoms with Gasteiger partial charge in [-0.15, -0.1) is 0 Å². The zero-order chi connectivity index (χ0) is 22.1. The van der Waals surface area contributed by atoms with Gasteiger partial charge in [0.15, 0.2) is 11.6 Å². The average molecular weight is 420 g/mol. The molecule has 2 bridgehead atoms. The van der Waals surface area contributed by atoms with Crippen LogP contribution in [0, 0.1) is 12.7 Å². The van der Waals surface area contributed by atoms with Crippen LogP contribution in [0.25, 0.3) is 11.4 Å². The fourth-order valence-electron chi connectivity index (χ4n) is 3.82. The average Bonchev–Trinajstić information content (AvgIpc) is 3.11. The van der Waals surface area contributed by atoms with Crippen molar-refractivity contribution in [1.29, 1.82) is 0 Å². The predicted octanol–water partition coefficient (Wildman–Crippen LogP) is 3.78. The number of allylic oxidation sites excluding steroid dienone is 1. The first-order valence-corrected chi connectivity index (χ1v) is 10.1. The van der Waals surface area contributed by atoms with E-state index < -0.39 is 6.10 Å². The molecule has 4 N–H and O–H groups in total. The number of anilines is 1. The molecule has 1 unspecified atom stereocenters. The van der Waals surface area contributed by atoms with Crippen LogP contribution in [0.5, 0.6) is 5.75 Å². The molecule has 2 aromatic heterocycles. The van der Waals surface area contributed by atoms with Crippen LogP contribution < -0.4 is 16.2 Å². The molecular weight excluding hydrogens is 395 g/mol. The summed E-state index contributed by atoms with van der Waals surface area (Å²) in [7, 11) is 0. The van der Waals surface area contributed by atoms with Crippen LogP contribution in [-0.4, -0.2) is 26.8 Å². The maximum absolute atomic E-state index is 14.2. The zero-order valence-electron chi connectivity index (χ0n) is 17.8. The van der Waals surface area contributed by atoms with Gasteiger partial charge in [-0.3, -0.25) is 4.99 Å². The quantitative estimate of drug-likeness (QED) is 0.623. The molecule has 8 heteroatoms. The first-order valence-electron chi connectivity index (χ1n) is 10.1. The summed E-state index contributed by atoms with van der Waals surface area (Å²) in [5.41, 5.74) is 16.7. The number of rotatable bonds is 1. The van der Waals surface area contributed by atoms with E-state index in [4.69, 9.17) is 21.2 Å². The molecule has 160 valence electrons. The third-order valence-electron chi connectivity index (χ3n) is 5.21. The van der Waals surface area contributed by atoms with Crippen molar-refractivity contribution >= 4 is 11.5 Å². The molecule has 0 amide bonds. The number of aliphatic imine (C=N–C) groups is 1. The second kappa shape index (κ2) is 8.22. The third-order valence-corrected chi connectivity index (χ3v) is 5.21. The van der Waals surface area contributed by atoms with Crippen LogP contribution in [0.1, 0.15) is 36.8 Å². The van der Waals surface area contributed by atoms with Crippen LogP contribution in [0.4, 0.5) is 10.2 Å². The van der Waals surface area contributed by atoms with Crippen LogP contribution >= 0.6 is 0 Å². The Morgan fingerprint density at radius 1 is 1.35 bits per heavy atom. The minimum absolute atomic E-state index is 0.247. The number of nitrogens with two attached hydrogens (primary N) is 2. The molecule has 1 atom stereocenters. The lowest BCUT2D eigenvalue weighted by Crippen LogP contribution is -2.17. The number of hydrogen-bond donors (Lipinski definition) is 2. The summed E-state index contributed by atoms with van der Waals surface area (Å²) >= 11 is 0. The van der Waals surface area contributed by atoms with E-state index in [0.717, 1.165) is 22.4 Å². The number of hydrogen-bond acceptors (Lipinski definition) is 6. The van der Waals surface area contributed by atoms with E-state index >= 15 is 0 Å². The molecule has 7 nitrogen and oxygen atoms in total. The largest absolute Gasteiger partial charge is 0.482 e. The van der Waals surface area contributed by atoms with Crippen LogP contribution in [0.2, 0.25) is 0 Å². The van der Waals surface area contributed by atoms with Crippen molar-refractivity contribution in [2.24, 2.45) is 10.7 Å². The molecule has 3 heterocycles. The smallest absolute Gasteiger partial charge is 0.166 e. The Bertz CT molecular complexity index is 1200. The van der Waals surface area contributed by atoms with Gasteiger partial charge in [-0.1, -0.05) is 0 Å². The van der Waals surface area contributed by atoms with Crippen LogP contribution in [0.15, 0.2) is 53.4 Å². The van der Waals surface area contributed by atoms with Crippen LogP contribution in [0.3, 0.4) is 0 Å². The SMILES string of the molecule is CCN=C1C(=CN)Cn2cc(C)nc2-c2ccc(F)cc2C(C)Oc2cc1cnc2N. The van der Waals surface area contributed by atoms with Gasteiger partial charge in [0.05, 0.1) is 18.0 Å². The zero-order valence-corrected chi connectivity index (χ0v) is 17.8. The van der Waals surface area contributed by atoms with Crippen molar-refractivity contribution < 1.29 is 9.13 Å². The topological polar surface area (TPSA) is 104 Å². The van der Waals surface area contributed by atoms with E-state index in [0.29, 0.717) is 35.9 Å². The van der Waals surface area contributed by atoms with Gasteiger partial charge in [0.2, 0.25) is 0 Å². The molecule has 0 saturated heterocycles. The van der Waals surface area contributed by atoms with Gasteiger partial charge >= 0.3 is 0 Å². The van der Waals surface area contributed by atoms with E-state index in [1.54, 1.807) is 24.5 Å². The molecule has 4 rings (SSSR count). The molecule has 1 aliphatic heterocycles. The van der Waals surface area contributed by atoms with Gasteiger partial charge in [-0.2, -0.15) is 0 Å². The Hall–Kier alpha value is -3.68. The maximum Gasteiger partial charge on any atom is 0.166 e. The number of fused-ring (bicyclic) bond motifs is 5. The van der Waals surface area contributed by atoms with Crippen molar-refractivity contribution in [2.75, 3.05) is 12.3 Å². The molecule has 1 aliphatic rings. The lowest BCUT2D eigenvalue weighted by Gasteiger charge is -2.22. The minimum atomic E-state index is -0.494. The van der Waals surface area contributed by atoms with E-state index in [1.807, 2.05) is 31.5 Å². The van der Waals surface area contributed by atoms with E-state index in [-0.39, 0.29) is 11.6 Å². The summed E-state index contributed by atoms with van der Waals surface area (Å²) in [6.45, 7) is 6.74. The number of halogens is 1. The number of ether oxygens (including phenoxy) is 1. The normalized spacial score (nSPS) is 18.6. The van der Waals surface area contributed by atoms with Gasteiger partial charge in [-0.25, -0.2) is 14.4 Å². The number of benzene rings is 1. The fraction of sp³-hybridized carbons (Fsp3) is 0.261. The van der Waals surface area contributed by atoms with E-state index in [1.165, 1.54) is 12.1 Å². The van der Waals surface area contributed by atoms with E-state index in [2.05, 4.69) is 9.98 Å². The Balaban J connectivity index is 2.00. The highest BCUT2D eigenvalue weighted by atomic mass is 19.1. The summed E-state index contributed by atoms with van der Waals surface area (Å²) < 4.78 is 22.4. The first kappa shape index (κ1) is 20.6. The number of pyridine rings is 1. The molecular formula is C23H25FN6O. The maximum atomic E-state index is 14.2. The van der Waals surface area contributed by atoms with Crippen LogP contribution in [-0.2, 0) is 6.54 Å². The number of nitrogen functional groups attached to an aromatic ring is 1. The highest BCUT2D eigenvalue weighted by Gasteiger charge is 2.23. The summed E-state index contributed by atoms with van der Waals surface area (Å²) in [6.07, 6.45) is 4.65. The van der Waals surface area contributed by atoms with Crippen molar-refractivity contribution in [3.63, 3.8) is 0 Å². The molecule has 1 aromatic carbocycles. The van der Waals surface area contributed by atoms with Gasteiger partial charge < -0.3 is 20.8 Å². The van der Waals surface area contributed by atoms with Crippen molar-refractivity contribution in [2.45, 2.75) is 33.4 Å². The number of aromatic nitrogens is 3. The molecule has 0 radical (unpaired) electrons. The lowest BCUT2D eigenvalue weighted by molar-refractivity contribution is 0.227. The predicted molar refractivity (Wildman–Crippen MR) is 119 cm³/mol. The standard InChI is InChI=1S/C23H25FN6O/c1-4-27-21-15-7-20(22(26)28-10-15)31-14(3)19-8-17(24)5-6-18(19)23-29-13(2)11-30(23)12-16(21)9-25/h5-11,14H,4,12,25H2,1-3H3,(H2,26,28). The molecule has 0 aliphatic carbocycles. The summed E-state index contributed by atoms with van der Waals surface area (Å²) in [6, 6.07) is 6.42. The minimum Gasteiger partial charge on any atom is -0.482 e. The molecule has 0 spiro atoms. The Labute approximate surface area is 180 Å². The molecule has 0 fully saturated rings. The first-order chi connectivity index (χ1) is 14.9. The van der Waals surface area contributed by atoms with Gasteiger partial charge in [0.25, 0.3) is 0 Å². The van der Waals surface area contributed by atoms with Gasteiger partial charge in [0.1, 0.15) is 17.7 Å². The van der Waals surface area contributed by atoms with Gasteiger partial charge in [0, 0.05) is 47.4 Å². The highest BCUT2D eigenvalue weighted by molar-refractivity contribution is 6.12. The van der Waals surface area contributed by atoms with Crippen molar-refractivity contribution in [1.82, 2.24) is 14.5 Å². The van der Waals surface area contributed by atoms with Gasteiger partial charge in [-0.05, 0) is 45.0 Å². The highest BCUT2D eigenvalue weighted by Crippen LogP contribution is 2.34. The molecule has 0 saturated carbocycles. The third kappa shape index (κ3) is 3.88. The van der Waals surface area contributed by atoms with Crippen molar-refractivity contribution in [3.05, 3.63) is 71.1 Å². The summed E-state index contributed by atoms with van der Waals surface area (Å²) in [5.74, 6) is 1.00. The second-order valence-corrected chi connectivity index (χ2v) is 7.45. The number of nitrogens with zero attached hydrogens (tertiary/aromatic N) is 4. The Morgan fingerprint density at radius 3 is 2.90 bits per heavy atom. The van der Waals surface area contributed by atoms with E-state index in [9.17, 15) is 4.39 Å². The molecule has 31 heavy (non-hydrogen) atoms. The number of imidazole rings is 1. The Morgan fingerprint density at radius 2 is 2.16 bits per heavy atom. The van der Waals surface area contributed by atoms with Crippen molar-refractivity contribution in [3.8, 4) is 17.1 Å². The summed E-state index contributed by atoms with van der Waals surface area (Å²) in [4.78, 5) is 13.7. The lowest BCUT2D eigenvalue weighted by atomic mass is 10.0.